The van der Waals surface area contributed by atoms with Gasteiger partial charge in [0.1, 0.15) is 0 Å². The van der Waals surface area contributed by atoms with Crippen molar-refractivity contribution < 1.29 is 0 Å². The average molecular weight is 305 g/mol. The molecule has 4 heteroatoms. The van der Waals surface area contributed by atoms with Gasteiger partial charge in [0.15, 0.2) is 0 Å². The first-order valence-electron chi connectivity index (χ1n) is 3.68. The van der Waals surface area contributed by atoms with E-state index in [-0.39, 0.29) is 0 Å². The molecule has 66 valence electrons. The molecule has 0 amide bonds. The summed E-state index contributed by atoms with van der Waals surface area (Å²) in [7, 11) is 0. The Bertz CT molecular complexity index is 470. The molecule has 0 spiro atoms. The van der Waals surface area contributed by atoms with E-state index in [4.69, 9.17) is 17.3 Å². The Kier molecular flexibility index (Phi) is 2.29. The summed E-state index contributed by atoms with van der Waals surface area (Å²) in [5, 5.41) is 1.56. The summed E-state index contributed by atoms with van der Waals surface area (Å²) in [6.45, 7) is 0. The van der Waals surface area contributed by atoms with Gasteiger partial charge in [-0.15, -0.1) is 0 Å². The number of nitrogens with zero attached hydrogens (tertiary/aromatic N) is 1. The second kappa shape index (κ2) is 3.31. The highest BCUT2D eigenvalue weighted by molar-refractivity contribution is 14.1. The fraction of sp³-hybridized carbons (Fsp3) is 0. The summed E-state index contributed by atoms with van der Waals surface area (Å²) in [4.78, 5) is 4.17. The number of fused-ring (bicyclic) bond motifs is 1. The van der Waals surface area contributed by atoms with Crippen LogP contribution in [0.15, 0.2) is 24.4 Å². The number of rotatable bonds is 0. The summed E-state index contributed by atoms with van der Waals surface area (Å²) in [6.07, 6.45) is 1.66. The third-order valence-electron chi connectivity index (χ3n) is 1.80. The van der Waals surface area contributed by atoms with Gasteiger partial charge in [-0.2, -0.15) is 0 Å². The number of nitrogens with two attached hydrogens (primary N) is 1. The molecule has 13 heavy (non-hydrogen) atoms. The first kappa shape index (κ1) is 9.02. The van der Waals surface area contributed by atoms with Crippen molar-refractivity contribution in [2.75, 3.05) is 5.73 Å². The van der Waals surface area contributed by atoms with Crippen LogP contribution in [0.5, 0.6) is 0 Å². The third-order valence-corrected chi connectivity index (χ3v) is 2.71. The molecule has 0 radical (unpaired) electrons. The fourth-order valence-electron chi connectivity index (χ4n) is 1.20. The van der Waals surface area contributed by atoms with E-state index in [1.165, 1.54) is 0 Å². The summed E-state index contributed by atoms with van der Waals surface area (Å²) in [5.41, 5.74) is 7.27. The Labute approximate surface area is 94.2 Å². The van der Waals surface area contributed by atoms with Gasteiger partial charge in [-0.05, 0) is 40.8 Å². The van der Waals surface area contributed by atoms with Crippen molar-refractivity contribution in [2.24, 2.45) is 0 Å². The zero-order valence-electron chi connectivity index (χ0n) is 6.59. The molecule has 0 fully saturated rings. The smallest absolute Gasteiger partial charge is 0.0909 e. The van der Waals surface area contributed by atoms with Crippen LogP contribution in [0.1, 0.15) is 0 Å². The molecular weight excluding hydrogens is 298 g/mol. The summed E-state index contributed by atoms with van der Waals surface area (Å²) in [6, 6.07) is 5.62. The Morgan fingerprint density at radius 1 is 1.38 bits per heavy atom. The molecular formula is C9H6ClIN2. The van der Waals surface area contributed by atoms with E-state index in [1.807, 2.05) is 12.1 Å². The van der Waals surface area contributed by atoms with E-state index in [2.05, 4.69) is 27.6 Å². The number of aromatic nitrogens is 1. The predicted molar refractivity (Wildman–Crippen MR) is 63.9 cm³/mol. The number of hydrogen-bond donors (Lipinski definition) is 1. The van der Waals surface area contributed by atoms with Crippen LogP contribution in [-0.4, -0.2) is 4.98 Å². The van der Waals surface area contributed by atoms with Crippen LogP contribution in [0, 0.1) is 3.57 Å². The molecule has 0 aliphatic carbocycles. The Morgan fingerprint density at radius 2 is 2.15 bits per heavy atom. The van der Waals surface area contributed by atoms with Crippen LogP contribution in [0.25, 0.3) is 10.9 Å². The van der Waals surface area contributed by atoms with Gasteiger partial charge in [0.2, 0.25) is 0 Å². The first-order chi connectivity index (χ1) is 6.18. The number of nitrogen functional groups attached to an aromatic ring is 1. The highest BCUT2D eigenvalue weighted by Gasteiger charge is 2.04. The maximum Gasteiger partial charge on any atom is 0.0909 e. The summed E-state index contributed by atoms with van der Waals surface area (Å²) >= 11 is 8.21. The second-order valence-electron chi connectivity index (χ2n) is 2.68. The number of benzene rings is 1. The SMILES string of the molecule is Nc1ccnc2c(Cl)cc(I)cc12. The van der Waals surface area contributed by atoms with E-state index in [9.17, 15) is 0 Å². The monoisotopic (exact) mass is 304 g/mol. The van der Waals surface area contributed by atoms with E-state index in [0.29, 0.717) is 10.7 Å². The fourth-order valence-corrected chi connectivity index (χ4v) is 2.27. The molecule has 0 aliphatic heterocycles. The topological polar surface area (TPSA) is 38.9 Å². The van der Waals surface area contributed by atoms with Gasteiger partial charge in [0.05, 0.1) is 10.5 Å². The van der Waals surface area contributed by atoms with Crippen LogP contribution >= 0.6 is 34.2 Å². The molecule has 0 saturated heterocycles. The maximum absolute atomic E-state index is 6.01. The van der Waals surface area contributed by atoms with E-state index < -0.39 is 0 Å². The quantitative estimate of drug-likeness (QED) is 0.760. The lowest BCUT2D eigenvalue weighted by Crippen LogP contribution is -1.89. The molecule has 0 atom stereocenters. The minimum Gasteiger partial charge on any atom is -0.398 e. The van der Waals surface area contributed by atoms with Crippen LogP contribution in [0.4, 0.5) is 5.69 Å². The van der Waals surface area contributed by atoms with E-state index >= 15 is 0 Å². The van der Waals surface area contributed by atoms with Crippen molar-refractivity contribution in [3.05, 3.63) is 33.0 Å². The lowest BCUT2D eigenvalue weighted by atomic mass is 10.2. The average Bonchev–Trinajstić information content (AvgIpc) is 2.07. The van der Waals surface area contributed by atoms with Crippen molar-refractivity contribution in [3.63, 3.8) is 0 Å². The van der Waals surface area contributed by atoms with Gasteiger partial charge in [-0.25, -0.2) is 0 Å². The minimum atomic E-state index is 0.647. The lowest BCUT2D eigenvalue weighted by Gasteiger charge is -2.03. The molecule has 0 saturated carbocycles. The van der Waals surface area contributed by atoms with Crippen molar-refractivity contribution in [3.8, 4) is 0 Å². The minimum absolute atomic E-state index is 0.647. The van der Waals surface area contributed by atoms with Gasteiger partial charge in [0.25, 0.3) is 0 Å². The molecule has 0 bridgehead atoms. The number of anilines is 1. The maximum atomic E-state index is 6.01. The molecule has 2 N–H and O–H groups in total. The van der Waals surface area contributed by atoms with E-state index in [1.54, 1.807) is 12.3 Å². The Balaban J connectivity index is 2.94. The molecule has 1 aromatic carbocycles. The highest BCUT2D eigenvalue weighted by atomic mass is 127. The molecule has 2 aromatic rings. The van der Waals surface area contributed by atoms with Crippen molar-refractivity contribution in [1.29, 1.82) is 0 Å². The second-order valence-corrected chi connectivity index (χ2v) is 4.34. The molecule has 0 aliphatic rings. The lowest BCUT2D eigenvalue weighted by molar-refractivity contribution is 1.41. The van der Waals surface area contributed by atoms with Crippen LogP contribution in [0.3, 0.4) is 0 Å². The van der Waals surface area contributed by atoms with Crippen molar-refractivity contribution >= 4 is 50.8 Å². The zero-order valence-corrected chi connectivity index (χ0v) is 9.50. The predicted octanol–water partition coefficient (Wildman–Crippen LogP) is 3.08. The third kappa shape index (κ3) is 1.58. The number of hydrogen-bond acceptors (Lipinski definition) is 2. The van der Waals surface area contributed by atoms with E-state index in [0.717, 1.165) is 14.5 Å². The highest BCUT2D eigenvalue weighted by Crippen LogP contribution is 2.27. The molecule has 1 aromatic heterocycles. The normalized spacial score (nSPS) is 10.6. The van der Waals surface area contributed by atoms with Gasteiger partial charge < -0.3 is 5.73 Å². The Hall–Kier alpha value is -0.550. The van der Waals surface area contributed by atoms with Crippen LogP contribution in [-0.2, 0) is 0 Å². The Morgan fingerprint density at radius 3 is 2.92 bits per heavy atom. The van der Waals surface area contributed by atoms with Gasteiger partial charge >= 0.3 is 0 Å². The van der Waals surface area contributed by atoms with Crippen LogP contribution < -0.4 is 5.73 Å². The first-order valence-corrected chi connectivity index (χ1v) is 5.13. The molecule has 2 nitrogen and oxygen atoms in total. The molecule has 1 heterocycles. The van der Waals surface area contributed by atoms with Gasteiger partial charge in [0, 0.05) is 20.8 Å². The van der Waals surface area contributed by atoms with Gasteiger partial charge in [-0.3, -0.25) is 4.98 Å². The molecule has 2 rings (SSSR count). The largest absolute Gasteiger partial charge is 0.398 e. The van der Waals surface area contributed by atoms with Crippen molar-refractivity contribution in [1.82, 2.24) is 4.98 Å². The standard InChI is InChI=1S/C9H6ClIN2/c10-7-4-5(11)3-6-8(12)1-2-13-9(6)7/h1-4H,(H2,12,13). The molecule has 0 unspecified atom stereocenters. The number of pyridine rings is 1. The van der Waals surface area contributed by atoms with Crippen molar-refractivity contribution in [2.45, 2.75) is 0 Å². The zero-order chi connectivity index (χ0) is 9.42. The van der Waals surface area contributed by atoms with Crippen LogP contribution in [0.2, 0.25) is 5.02 Å². The van der Waals surface area contributed by atoms with Gasteiger partial charge in [-0.1, -0.05) is 11.6 Å². The summed E-state index contributed by atoms with van der Waals surface area (Å²) in [5.74, 6) is 0. The summed E-state index contributed by atoms with van der Waals surface area (Å²) < 4.78 is 1.06. The number of halogens is 2.